The number of halogens is 4. The molecule has 0 saturated carbocycles. The Balaban J connectivity index is 3.38. The summed E-state index contributed by atoms with van der Waals surface area (Å²) in [6, 6.07) is 3.19. The zero-order chi connectivity index (χ0) is 14.0. The molecule has 4 nitrogen and oxygen atoms in total. The van der Waals surface area contributed by atoms with Crippen molar-refractivity contribution >= 4 is 19.7 Å². The van der Waals surface area contributed by atoms with Crippen molar-refractivity contribution in [3.63, 3.8) is 0 Å². The van der Waals surface area contributed by atoms with Gasteiger partial charge in [0.2, 0.25) is 0 Å². The van der Waals surface area contributed by atoms with E-state index in [0.29, 0.717) is 0 Å². The molecule has 0 aliphatic rings. The van der Waals surface area contributed by atoms with E-state index in [0.717, 1.165) is 12.1 Å². The number of hydrogen-bond acceptors (Lipinski definition) is 4. The first-order valence-corrected chi connectivity index (χ1v) is 6.92. The van der Waals surface area contributed by atoms with E-state index in [1.165, 1.54) is 6.07 Å². The van der Waals surface area contributed by atoms with E-state index in [-0.39, 0.29) is 12.4 Å². The minimum absolute atomic E-state index is 0.0644. The van der Waals surface area contributed by atoms with Gasteiger partial charge in [-0.25, -0.2) is 8.42 Å². The Labute approximate surface area is 106 Å². The van der Waals surface area contributed by atoms with Gasteiger partial charge in [-0.15, -0.1) is 13.2 Å². The largest absolute Gasteiger partial charge is 0.573 e. The van der Waals surface area contributed by atoms with Crippen molar-refractivity contribution in [2.45, 2.75) is 18.2 Å². The Morgan fingerprint density at radius 1 is 1.28 bits per heavy atom. The number of ether oxygens (including phenoxy) is 2. The number of benzene rings is 1. The lowest BCUT2D eigenvalue weighted by Crippen LogP contribution is -2.18. The van der Waals surface area contributed by atoms with Gasteiger partial charge < -0.3 is 9.47 Å². The van der Waals surface area contributed by atoms with Crippen LogP contribution in [0.15, 0.2) is 23.1 Å². The lowest BCUT2D eigenvalue weighted by atomic mass is 10.3. The maximum absolute atomic E-state index is 12.1. The first-order chi connectivity index (χ1) is 8.15. The highest BCUT2D eigenvalue weighted by Crippen LogP contribution is 2.38. The highest BCUT2D eigenvalue weighted by molar-refractivity contribution is 8.13. The number of alkyl halides is 3. The highest BCUT2D eigenvalue weighted by atomic mass is 35.7. The molecule has 102 valence electrons. The molecule has 0 atom stereocenters. The first kappa shape index (κ1) is 14.9. The molecule has 1 aromatic rings. The average Bonchev–Trinajstić information content (AvgIpc) is 2.13. The number of rotatable bonds is 4. The molecular formula is C9H8ClF3O4S. The lowest BCUT2D eigenvalue weighted by Gasteiger charge is -2.14. The molecule has 0 heterocycles. The molecule has 0 fully saturated rings. The van der Waals surface area contributed by atoms with Crippen LogP contribution in [0.4, 0.5) is 13.2 Å². The summed E-state index contributed by atoms with van der Waals surface area (Å²) >= 11 is 0. The quantitative estimate of drug-likeness (QED) is 0.803. The Morgan fingerprint density at radius 2 is 1.83 bits per heavy atom. The molecule has 0 amide bonds. The predicted octanol–water partition coefficient (Wildman–Crippen LogP) is 2.91. The minimum Gasteiger partial charge on any atom is -0.492 e. The van der Waals surface area contributed by atoms with Crippen LogP contribution in [-0.2, 0) is 9.05 Å². The Hall–Kier alpha value is -1.15. The summed E-state index contributed by atoms with van der Waals surface area (Å²) in [7, 11) is 0.642. The third-order valence-electron chi connectivity index (χ3n) is 1.71. The second kappa shape index (κ2) is 5.23. The summed E-state index contributed by atoms with van der Waals surface area (Å²) in [5.41, 5.74) is 0. The molecule has 1 rings (SSSR count). The van der Waals surface area contributed by atoms with Crippen LogP contribution in [0.3, 0.4) is 0 Å². The summed E-state index contributed by atoms with van der Waals surface area (Å²) in [6.07, 6.45) is -5.03. The predicted molar refractivity (Wildman–Crippen MR) is 57.3 cm³/mol. The van der Waals surface area contributed by atoms with Crippen LogP contribution < -0.4 is 9.47 Å². The molecule has 0 aliphatic carbocycles. The van der Waals surface area contributed by atoms with Gasteiger partial charge in [0.05, 0.1) is 6.61 Å². The second-order valence-electron chi connectivity index (χ2n) is 3.00. The number of hydrogen-bond donors (Lipinski definition) is 0. The Morgan fingerprint density at radius 3 is 2.28 bits per heavy atom. The van der Waals surface area contributed by atoms with E-state index in [1.807, 2.05) is 0 Å². The standard InChI is InChI=1S/C9H8ClF3O4S/c1-2-16-6-4-3-5-7(17-9(11,12)13)8(6)18(10,14)15/h3-5H,2H2,1H3. The third kappa shape index (κ3) is 3.95. The monoisotopic (exact) mass is 304 g/mol. The van der Waals surface area contributed by atoms with Crippen molar-refractivity contribution < 1.29 is 31.1 Å². The molecule has 18 heavy (non-hydrogen) atoms. The van der Waals surface area contributed by atoms with Crippen molar-refractivity contribution in [1.29, 1.82) is 0 Å². The first-order valence-electron chi connectivity index (χ1n) is 4.61. The van der Waals surface area contributed by atoms with Gasteiger partial charge in [0, 0.05) is 10.7 Å². The smallest absolute Gasteiger partial charge is 0.492 e. The summed E-state index contributed by atoms with van der Waals surface area (Å²) < 4.78 is 67.4. The summed E-state index contributed by atoms with van der Waals surface area (Å²) in [4.78, 5) is -0.842. The zero-order valence-corrected chi connectivity index (χ0v) is 10.6. The topological polar surface area (TPSA) is 52.6 Å². The van der Waals surface area contributed by atoms with E-state index >= 15 is 0 Å². The van der Waals surface area contributed by atoms with Crippen LogP contribution in [0.5, 0.6) is 11.5 Å². The zero-order valence-electron chi connectivity index (χ0n) is 8.99. The molecule has 0 bridgehead atoms. The van der Waals surface area contributed by atoms with Gasteiger partial charge in [-0.1, -0.05) is 6.07 Å². The van der Waals surface area contributed by atoms with Crippen LogP contribution in [-0.4, -0.2) is 21.4 Å². The Bertz CT molecular complexity index is 527. The minimum atomic E-state index is -5.03. The molecule has 0 saturated heterocycles. The molecular weight excluding hydrogens is 297 g/mol. The van der Waals surface area contributed by atoms with E-state index in [2.05, 4.69) is 4.74 Å². The van der Waals surface area contributed by atoms with Crippen molar-refractivity contribution in [3.05, 3.63) is 18.2 Å². The highest BCUT2D eigenvalue weighted by Gasteiger charge is 2.35. The third-order valence-corrected chi connectivity index (χ3v) is 3.07. The maximum Gasteiger partial charge on any atom is 0.573 e. The normalized spacial score (nSPS) is 12.3. The van der Waals surface area contributed by atoms with Crippen molar-refractivity contribution in [1.82, 2.24) is 0 Å². The van der Waals surface area contributed by atoms with E-state index in [9.17, 15) is 21.6 Å². The molecule has 9 heteroatoms. The van der Waals surface area contributed by atoms with Crippen LogP contribution in [0.25, 0.3) is 0 Å². The van der Waals surface area contributed by atoms with Gasteiger partial charge in [0.25, 0.3) is 9.05 Å². The summed E-state index contributed by atoms with van der Waals surface area (Å²) in [6.45, 7) is 1.61. The molecule has 0 unspecified atom stereocenters. The molecule has 0 radical (unpaired) electrons. The van der Waals surface area contributed by atoms with Gasteiger partial charge in [0.15, 0.2) is 10.6 Å². The van der Waals surface area contributed by atoms with E-state index in [4.69, 9.17) is 15.4 Å². The molecule has 0 aliphatic heterocycles. The fourth-order valence-electron chi connectivity index (χ4n) is 1.21. The van der Waals surface area contributed by atoms with Crippen molar-refractivity contribution in [3.8, 4) is 11.5 Å². The van der Waals surface area contributed by atoms with Crippen LogP contribution in [0, 0.1) is 0 Å². The Kier molecular flexibility index (Phi) is 4.33. The van der Waals surface area contributed by atoms with Crippen molar-refractivity contribution in [2.24, 2.45) is 0 Å². The van der Waals surface area contributed by atoms with Crippen molar-refractivity contribution in [2.75, 3.05) is 6.61 Å². The van der Waals surface area contributed by atoms with Crippen LogP contribution >= 0.6 is 10.7 Å². The van der Waals surface area contributed by atoms with Gasteiger partial charge in [-0.3, -0.25) is 0 Å². The van der Waals surface area contributed by atoms with Crippen LogP contribution in [0.2, 0.25) is 0 Å². The van der Waals surface area contributed by atoms with E-state index in [1.54, 1.807) is 6.92 Å². The maximum atomic E-state index is 12.1. The van der Waals surface area contributed by atoms with Gasteiger partial charge in [-0.05, 0) is 19.1 Å². The van der Waals surface area contributed by atoms with Gasteiger partial charge in [-0.2, -0.15) is 0 Å². The van der Waals surface area contributed by atoms with Gasteiger partial charge >= 0.3 is 6.36 Å². The second-order valence-corrected chi connectivity index (χ2v) is 5.50. The summed E-state index contributed by atoms with van der Waals surface area (Å²) in [5.74, 6) is -1.22. The fourth-order valence-corrected chi connectivity index (χ4v) is 2.38. The molecule has 0 spiro atoms. The molecule has 0 N–H and O–H groups in total. The molecule has 1 aromatic carbocycles. The van der Waals surface area contributed by atoms with Crippen LogP contribution in [0.1, 0.15) is 6.92 Å². The fraction of sp³-hybridized carbons (Fsp3) is 0.333. The van der Waals surface area contributed by atoms with E-state index < -0.39 is 26.1 Å². The SMILES string of the molecule is CCOc1cccc(OC(F)(F)F)c1S(=O)(=O)Cl. The van der Waals surface area contributed by atoms with Gasteiger partial charge in [0.1, 0.15) is 5.75 Å². The summed E-state index contributed by atoms with van der Waals surface area (Å²) in [5, 5.41) is 0. The average molecular weight is 305 g/mol. The lowest BCUT2D eigenvalue weighted by molar-refractivity contribution is -0.275. The molecule has 0 aromatic heterocycles.